The lowest BCUT2D eigenvalue weighted by Crippen LogP contribution is -2.43. The van der Waals surface area contributed by atoms with Gasteiger partial charge >= 0.3 is 0 Å². The Morgan fingerprint density at radius 1 is 1.31 bits per heavy atom. The summed E-state index contributed by atoms with van der Waals surface area (Å²) in [5.74, 6) is 1.46. The Labute approximate surface area is 80.3 Å². The molecule has 1 aliphatic carbocycles. The van der Waals surface area contributed by atoms with Crippen LogP contribution in [0, 0.1) is 11.8 Å². The van der Waals surface area contributed by atoms with E-state index >= 15 is 0 Å². The van der Waals surface area contributed by atoms with Crippen LogP contribution in [0.4, 0.5) is 0 Å². The fraction of sp³-hybridized carbons (Fsp3) is 0.909. The lowest BCUT2D eigenvalue weighted by molar-refractivity contribution is -0.134. The second-order valence-electron chi connectivity index (χ2n) is 5.42. The Hall–Kier alpha value is -0.530. The Morgan fingerprint density at radius 3 is 2.54 bits per heavy atom. The van der Waals surface area contributed by atoms with Crippen molar-refractivity contribution >= 4 is 5.91 Å². The molecule has 0 aromatic heterocycles. The van der Waals surface area contributed by atoms with Crippen LogP contribution in [0.1, 0.15) is 40.0 Å². The van der Waals surface area contributed by atoms with Crippen molar-refractivity contribution in [2.75, 3.05) is 6.54 Å². The monoisotopic (exact) mass is 181 g/mol. The summed E-state index contributed by atoms with van der Waals surface area (Å²) in [6.07, 6.45) is 3.66. The fourth-order valence-electron chi connectivity index (χ4n) is 2.71. The summed E-state index contributed by atoms with van der Waals surface area (Å²) in [5.41, 5.74) is 0.0292. The first-order valence-corrected chi connectivity index (χ1v) is 5.31. The van der Waals surface area contributed by atoms with Crippen LogP contribution in [0.5, 0.6) is 0 Å². The molecule has 2 heteroatoms. The molecule has 0 aromatic rings. The molecule has 74 valence electrons. The molecule has 1 saturated heterocycles. The predicted octanol–water partition coefficient (Wildman–Crippen LogP) is 2.04. The summed E-state index contributed by atoms with van der Waals surface area (Å²) in [6, 6.07) is 0. The molecule has 0 spiro atoms. The summed E-state index contributed by atoms with van der Waals surface area (Å²) in [6.45, 7) is 7.40. The standard InChI is InChI=1S/C11H19NO/c1-11(2,3)12-7-8-5-4-6-9(8)10(12)13/h8-9H,4-7H2,1-3H3. The molecule has 1 heterocycles. The van der Waals surface area contributed by atoms with Crippen LogP contribution in [0.25, 0.3) is 0 Å². The molecule has 0 N–H and O–H groups in total. The van der Waals surface area contributed by atoms with Crippen LogP contribution >= 0.6 is 0 Å². The second kappa shape index (κ2) is 2.73. The topological polar surface area (TPSA) is 20.3 Å². The van der Waals surface area contributed by atoms with Crippen LogP contribution in [0.3, 0.4) is 0 Å². The van der Waals surface area contributed by atoms with E-state index < -0.39 is 0 Å². The lowest BCUT2D eigenvalue weighted by Gasteiger charge is -2.32. The van der Waals surface area contributed by atoms with Gasteiger partial charge in [0.2, 0.25) is 5.91 Å². The first-order chi connectivity index (χ1) is 6.00. The number of hydrogen-bond acceptors (Lipinski definition) is 1. The van der Waals surface area contributed by atoms with E-state index in [-0.39, 0.29) is 5.54 Å². The molecule has 13 heavy (non-hydrogen) atoms. The molecule has 1 amide bonds. The largest absolute Gasteiger partial charge is 0.337 e. The highest BCUT2D eigenvalue weighted by Crippen LogP contribution is 2.40. The summed E-state index contributed by atoms with van der Waals surface area (Å²) in [4.78, 5) is 14.0. The van der Waals surface area contributed by atoms with Crippen molar-refractivity contribution in [2.45, 2.75) is 45.6 Å². The maximum Gasteiger partial charge on any atom is 0.226 e. The SMILES string of the molecule is CC(C)(C)N1CC2CCCC2C1=O. The third kappa shape index (κ3) is 1.36. The van der Waals surface area contributed by atoms with Crippen molar-refractivity contribution in [1.82, 2.24) is 4.90 Å². The Morgan fingerprint density at radius 2 is 2.00 bits per heavy atom. The zero-order chi connectivity index (χ0) is 9.64. The van der Waals surface area contributed by atoms with Crippen molar-refractivity contribution in [2.24, 2.45) is 11.8 Å². The fourth-order valence-corrected chi connectivity index (χ4v) is 2.71. The third-order valence-electron chi connectivity index (χ3n) is 3.47. The van der Waals surface area contributed by atoms with E-state index in [2.05, 4.69) is 25.7 Å². The van der Waals surface area contributed by atoms with Gasteiger partial charge in [-0.1, -0.05) is 6.42 Å². The van der Waals surface area contributed by atoms with Gasteiger partial charge in [0.05, 0.1) is 0 Å². The molecule has 0 radical (unpaired) electrons. The first-order valence-electron chi connectivity index (χ1n) is 5.31. The van der Waals surface area contributed by atoms with Gasteiger partial charge in [0.25, 0.3) is 0 Å². The van der Waals surface area contributed by atoms with E-state index in [9.17, 15) is 4.79 Å². The number of nitrogens with zero attached hydrogens (tertiary/aromatic N) is 1. The minimum absolute atomic E-state index is 0.0292. The van der Waals surface area contributed by atoms with E-state index in [0.717, 1.165) is 13.0 Å². The highest BCUT2D eigenvalue weighted by Gasteiger charge is 2.46. The Balaban J connectivity index is 2.15. The normalized spacial score (nSPS) is 34.1. The van der Waals surface area contributed by atoms with Crippen LogP contribution < -0.4 is 0 Å². The predicted molar refractivity (Wildman–Crippen MR) is 52.3 cm³/mol. The molecule has 1 saturated carbocycles. The number of rotatable bonds is 0. The van der Waals surface area contributed by atoms with E-state index in [4.69, 9.17) is 0 Å². The van der Waals surface area contributed by atoms with Gasteiger partial charge in [-0.15, -0.1) is 0 Å². The van der Waals surface area contributed by atoms with Crippen molar-refractivity contribution in [3.8, 4) is 0 Å². The molecular formula is C11H19NO. The molecular weight excluding hydrogens is 162 g/mol. The Bertz CT molecular complexity index is 229. The highest BCUT2D eigenvalue weighted by molar-refractivity contribution is 5.82. The average molecular weight is 181 g/mol. The lowest BCUT2D eigenvalue weighted by atomic mass is 10.0. The van der Waals surface area contributed by atoms with E-state index in [1.807, 2.05) is 0 Å². The van der Waals surface area contributed by atoms with Gasteiger partial charge in [-0.05, 0) is 39.5 Å². The van der Waals surface area contributed by atoms with Gasteiger partial charge in [0.15, 0.2) is 0 Å². The minimum Gasteiger partial charge on any atom is -0.337 e. The second-order valence-corrected chi connectivity index (χ2v) is 5.42. The van der Waals surface area contributed by atoms with Crippen molar-refractivity contribution in [1.29, 1.82) is 0 Å². The number of hydrogen-bond donors (Lipinski definition) is 0. The number of likely N-dealkylation sites (tertiary alicyclic amines) is 1. The van der Waals surface area contributed by atoms with Crippen LogP contribution in [0.2, 0.25) is 0 Å². The van der Waals surface area contributed by atoms with Gasteiger partial charge in [-0.2, -0.15) is 0 Å². The smallest absolute Gasteiger partial charge is 0.226 e. The molecule has 2 atom stereocenters. The molecule has 0 aromatic carbocycles. The maximum atomic E-state index is 12.0. The number of carbonyl (C=O) groups is 1. The summed E-state index contributed by atoms with van der Waals surface area (Å²) >= 11 is 0. The first kappa shape index (κ1) is 9.04. The number of fused-ring (bicyclic) bond motifs is 1. The van der Waals surface area contributed by atoms with Gasteiger partial charge < -0.3 is 4.90 Å². The maximum absolute atomic E-state index is 12.0. The quantitative estimate of drug-likeness (QED) is 0.560. The van der Waals surface area contributed by atoms with Gasteiger partial charge in [-0.3, -0.25) is 4.79 Å². The molecule has 1 aliphatic heterocycles. The van der Waals surface area contributed by atoms with E-state index in [0.29, 0.717) is 17.7 Å². The van der Waals surface area contributed by atoms with Crippen molar-refractivity contribution < 1.29 is 4.79 Å². The van der Waals surface area contributed by atoms with Crippen LogP contribution in [0.15, 0.2) is 0 Å². The minimum atomic E-state index is 0.0292. The number of amides is 1. The average Bonchev–Trinajstić information content (AvgIpc) is 2.51. The van der Waals surface area contributed by atoms with Crippen LogP contribution in [-0.4, -0.2) is 22.9 Å². The summed E-state index contributed by atoms with van der Waals surface area (Å²) in [5, 5.41) is 0. The summed E-state index contributed by atoms with van der Waals surface area (Å²) < 4.78 is 0. The Kier molecular flexibility index (Phi) is 1.90. The van der Waals surface area contributed by atoms with Gasteiger partial charge in [0, 0.05) is 18.0 Å². The van der Waals surface area contributed by atoms with Gasteiger partial charge in [0.1, 0.15) is 0 Å². The van der Waals surface area contributed by atoms with E-state index in [1.54, 1.807) is 0 Å². The van der Waals surface area contributed by atoms with Crippen molar-refractivity contribution in [3.05, 3.63) is 0 Å². The van der Waals surface area contributed by atoms with E-state index in [1.165, 1.54) is 12.8 Å². The third-order valence-corrected chi connectivity index (χ3v) is 3.47. The molecule has 2 fully saturated rings. The zero-order valence-corrected chi connectivity index (χ0v) is 8.84. The van der Waals surface area contributed by atoms with Crippen LogP contribution in [-0.2, 0) is 4.79 Å². The summed E-state index contributed by atoms with van der Waals surface area (Å²) in [7, 11) is 0. The molecule has 2 aliphatic rings. The zero-order valence-electron chi connectivity index (χ0n) is 8.84. The van der Waals surface area contributed by atoms with Crippen molar-refractivity contribution in [3.63, 3.8) is 0 Å². The molecule has 2 rings (SSSR count). The highest BCUT2D eigenvalue weighted by atomic mass is 16.2. The molecule has 2 nitrogen and oxygen atoms in total. The molecule has 2 unspecified atom stereocenters. The number of carbonyl (C=O) groups excluding carboxylic acids is 1. The molecule has 0 bridgehead atoms. The van der Waals surface area contributed by atoms with Gasteiger partial charge in [-0.25, -0.2) is 0 Å².